The Bertz CT molecular complexity index is 1170. The summed E-state index contributed by atoms with van der Waals surface area (Å²) in [7, 11) is -3.66. The molecule has 186 valence electrons. The van der Waals surface area contributed by atoms with E-state index >= 15 is 0 Å². The fourth-order valence-corrected chi connectivity index (χ4v) is 3.97. The highest BCUT2D eigenvalue weighted by Crippen LogP contribution is 2.28. The SMILES string of the molecule is CC1(C)N=C(N)N=C(N)N1c1cccc(CCCCc2ccc(Cl)cc2Cl)c1.CCS(=O)(=O)O. The molecule has 0 bridgehead atoms. The average molecular weight is 529 g/mol. The number of benzene rings is 2. The quantitative estimate of drug-likeness (QED) is 0.354. The van der Waals surface area contributed by atoms with Gasteiger partial charge in [0, 0.05) is 15.7 Å². The zero-order chi connectivity index (χ0) is 25.5. The summed E-state index contributed by atoms with van der Waals surface area (Å²) in [5, 5.41) is 1.40. The fraction of sp³-hybridized carbons (Fsp3) is 0.391. The number of unbranched alkanes of at least 4 members (excludes halogenated alkanes) is 1. The maximum atomic E-state index is 9.56. The van der Waals surface area contributed by atoms with Gasteiger partial charge in [-0.1, -0.05) is 41.4 Å². The second-order valence-electron chi connectivity index (χ2n) is 8.25. The molecule has 0 aromatic heterocycles. The molecular formula is C23H31Cl2N5O3S. The number of anilines is 1. The van der Waals surface area contributed by atoms with Crippen LogP contribution in [0.3, 0.4) is 0 Å². The van der Waals surface area contributed by atoms with E-state index in [0.29, 0.717) is 11.0 Å². The van der Waals surface area contributed by atoms with Crippen LogP contribution in [-0.2, 0) is 23.0 Å². The van der Waals surface area contributed by atoms with Crippen LogP contribution in [0, 0.1) is 0 Å². The number of aliphatic imine (C=N–C) groups is 2. The molecule has 0 unspecified atom stereocenters. The first-order valence-electron chi connectivity index (χ1n) is 10.8. The monoisotopic (exact) mass is 527 g/mol. The van der Waals surface area contributed by atoms with Crippen molar-refractivity contribution in [2.75, 3.05) is 10.7 Å². The van der Waals surface area contributed by atoms with Gasteiger partial charge in [0.25, 0.3) is 10.1 Å². The molecule has 0 saturated heterocycles. The van der Waals surface area contributed by atoms with Crippen molar-refractivity contribution in [1.82, 2.24) is 0 Å². The molecule has 2 aromatic rings. The van der Waals surface area contributed by atoms with Gasteiger partial charge in [0.15, 0.2) is 0 Å². The molecule has 1 heterocycles. The van der Waals surface area contributed by atoms with Crippen LogP contribution >= 0.6 is 23.2 Å². The van der Waals surface area contributed by atoms with Gasteiger partial charge in [0.2, 0.25) is 11.9 Å². The third-order valence-electron chi connectivity index (χ3n) is 5.10. The highest BCUT2D eigenvalue weighted by Gasteiger charge is 2.32. The molecule has 11 heteroatoms. The number of nitrogens with zero attached hydrogens (tertiary/aromatic N) is 3. The van der Waals surface area contributed by atoms with E-state index in [1.54, 1.807) is 6.07 Å². The van der Waals surface area contributed by atoms with Gasteiger partial charge in [0.05, 0.1) is 5.75 Å². The molecule has 0 atom stereocenters. The van der Waals surface area contributed by atoms with E-state index in [4.69, 9.17) is 39.2 Å². The van der Waals surface area contributed by atoms with Crippen LogP contribution in [0.4, 0.5) is 5.69 Å². The highest BCUT2D eigenvalue weighted by atomic mass is 35.5. The number of hydrogen-bond donors (Lipinski definition) is 3. The molecule has 0 spiro atoms. The normalized spacial score (nSPS) is 15.2. The van der Waals surface area contributed by atoms with Crippen LogP contribution in [0.25, 0.3) is 0 Å². The van der Waals surface area contributed by atoms with Crippen molar-refractivity contribution < 1.29 is 13.0 Å². The number of hydrogen-bond acceptors (Lipinski definition) is 7. The van der Waals surface area contributed by atoms with Gasteiger partial charge in [-0.25, -0.2) is 4.99 Å². The minimum atomic E-state index is -3.66. The lowest BCUT2D eigenvalue weighted by molar-refractivity contribution is 0.484. The molecule has 0 fully saturated rings. The first-order valence-corrected chi connectivity index (χ1v) is 13.2. The minimum absolute atomic E-state index is 0.201. The zero-order valence-electron chi connectivity index (χ0n) is 19.5. The summed E-state index contributed by atoms with van der Waals surface area (Å²) in [6.07, 6.45) is 4.00. The largest absolute Gasteiger partial charge is 0.369 e. The molecule has 1 aliphatic heterocycles. The second-order valence-corrected chi connectivity index (χ2v) is 10.8. The van der Waals surface area contributed by atoms with E-state index in [-0.39, 0.29) is 11.7 Å². The van der Waals surface area contributed by atoms with Crippen LogP contribution in [0.5, 0.6) is 0 Å². The molecule has 3 rings (SSSR count). The summed E-state index contributed by atoms with van der Waals surface area (Å²) in [4.78, 5) is 10.4. The number of nitrogens with two attached hydrogens (primary N) is 2. The highest BCUT2D eigenvalue weighted by molar-refractivity contribution is 7.85. The molecule has 0 amide bonds. The van der Waals surface area contributed by atoms with E-state index in [1.165, 1.54) is 12.5 Å². The van der Waals surface area contributed by atoms with Gasteiger partial charge in [0.1, 0.15) is 5.66 Å². The van der Waals surface area contributed by atoms with Crippen molar-refractivity contribution in [3.63, 3.8) is 0 Å². The van der Waals surface area contributed by atoms with Crippen molar-refractivity contribution in [2.24, 2.45) is 21.5 Å². The number of guanidine groups is 2. The predicted molar refractivity (Wildman–Crippen MR) is 141 cm³/mol. The molecule has 0 saturated carbocycles. The molecule has 0 aliphatic carbocycles. The third kappa shape index (κ3) is 8.47. The molecule has 2 aromatic carbocycles. The Balaban J connectivity index is 0.000000604. The Labute approximate surface area is 211 Å². The molecule has 8 nitrogen and oxygen atoms in total. The van der Waals surface area contributed by atoms with Gasteiger partial charge in [-0.2, -0.15) is 13.4 Å². The lowest BCUT2D eigenvalue weighted by Crippen LogP contribution is -2.54. The predicted octanol–water partition coefficient (Wildman–Crippen LogP) is 4.64. The Morgan fingerprint density at radius 1 is 1.06 bits per heavy atom. The summed E-state index contributed by atoms with van der Waals surface area (Å²) in [6.45, 7) is 5.29. The maximum absolute atomic E-state index is 9.56. The van der Waals surface area contributed by atoms with Crippen LogP contribution in [0.15, 0.2) is 52.4 Å². The van der Waals surface area contributed by atoms with E-state index in [9.17, 15) is 8.42 Å². The van der Waals surface area contributed by atoms with Crippen LogP contribution < -0.4 is 16.4 Å². The smallest absolute Gasteiger partial charge is 0.264 e. The molecule has 5 N–H and O–H groups in total. The molecule has 34 heavy (non-hydrogen) atoms. The van der Waals surface area contributed by atoms with Gasteiger partial charge in [-0.05, 0) is 81.8 Å². The van der Waals surface area contributed by atoms with E-state index in [2.05, 4.69) is 22.1 Å². The van der Waals surface area contributed by atoms with Gasteiger partial charge in [-0.3, -0.25) is 9.45 Å². The number of rotatable bonds is 7. The van der Waals surface area contributed by atoms with Crippen molar-refractivity contribution in [3.8, 4) is 0 Å². The molecular weight excluding hydrogens is 497 g/mol. The van der Waals surface area contributed by atoms with E-state index in [0.717, 1.165) is 42.0 Å². The number of halogens is 2. The lowest BCUT2D eigenvalue weighted by atomic mass is 10.0. The van der Waals surface area contributed by atoms with Crippen molar-refractivity contribution >= 4 is 50.9 Å². The van der Waals surface area contributed by atoms with Gasteiger partial charge in [-0.15, -0.1) is 0 Å². The van der Waals surface area contributed by atoms with E-state index < -0.39 is 15.8 Å². The van der Waals surface area contributed by atoms with Crippen LogP contribution in [0.2, 0.25) is 10.0 Å². The van der Waals surface area contributed by atoms with Crippen LogP contribution in [-0.4, -0.2) is 36.3 Å². The standard InChI is InChI=1S/C21H25Cl2N5.C2H6O3S/c1-21(2)27-19(24)26-20(25)28(21)17-9-5-7-14(12-17)6-3-4-8-15-10-11-16(22)13-18(15)23;1-2-6(3,4)5/h5,7,9-13H,3-4,6,8H2,1-2H3,(H4,24,25,26,27);2H2,1H3,(H,3,4,5). The van der Waals surface area contributed by atoms with E-state index in [1.807, 2.05) is 43.0 Å². The summed E-state index contributed by atoms with van der Waals surface area (Å²) < 4.78 is 26.9. The summed E-state index contributed by atoms with van der Waals surface area (Å²) >= 11 is 12.2. The fourth-order valence-electron chi connectivity index (χ4n) is 3.47. The van der Waals surface area contributed by atoms with Crippen molar-refractivity contribution in [2.45, 2.75) is 52.1 Å². The molecule has 0 radical (unpaired) electrons. The summed E-state index contributed by atoms with van der Waals surface area (Å²) in [6, 6.07) is 14.0. The topological polar surface area (TPSA) is 134 Å². The minimum Gasteiger partial charge on any atom is -0.369 e. The Morgan fingerprint density at radius 3 is 2.29 bits per heavy atom. The first-order chi connectivity index (χ1) is 15.8. The maximum Gasteiger partial charge on any atom is 0.264 e. The molecule has 1 aliphatic rings. The number of aryl methyl sites for hydroxylation is 2. The van der Waals surface area contributed by atoms with Crippen LogP contribution in [0.1, 0.15) is 44.7 Å². The summed E-state index contributed by atoms with van der Waals surface area (Å²) in [5.74, 6) is 0.357. The van der Waals surface area contributed by atoms with Gasteiger partial charge < -0.3 is 11.5 Å². The summed E-state index contributed by atoms with van der Waals surface area (Å²) in [5.41, 5.74) is 14.6. The van der Waals surface area contributed by atoms with Crippen molar-refractivity contribution in [1.29, 1.82) is 0 Å². The lowest BCUT2D eigenvalue weighted by Gasteiger charge is -2.38. The third-order valence-corrected chi connectivity index (χ3v) is 6.42. The van der Waals surface area contributed by atoms with Crippen molar-refractivity contribution in [3.05, 3.63) is 63.6 Å². The Hall–Kier alpha value is -2.33. The first kappa shape index (κ1) is 27.9. The average Bonchev–Trinajstić information content (AvgIpc) is 2.71. The Morgan fingerprint density at radius 2 is 1.71 bits per heavy atom. The Kier molecular flexibility index (Phi) is 9.75. The second kappa shape index (κ2) is 11.9. The zero-order valence-corrected chi connectivity index (χ0v) is 21.8. The van der Waals surface area contributed by atoms with Gasteiger partial charge >= 0.3 is 0 Å².